The molecule has 0 spiro atoms. The van der Waals surface area contributed by atoms with E-state index in [9.17, 15) is 0 Å². The van der Waals surface area contributed by atoms with E-state index in [1.165, 1.54) is 5.56 Å². The van der Waals surface area contributed by atoms with Gasteiger partial charge in [-0.1, -0.05) is 44.2 Å². The molecule has 0 N–H and O–H groups in total. The lowest BCUT2D eigenvalue weighted by molar-refractivity contribution is 0.0860. The quantitative estimate of drug-likeness (QED) is 0.864. The molecule has 1 atom stereocenters. The smallest absolute Gasteiger partial charge is 0.254 e. The molecule has 0 radical (unpaired) electrons. The Labute approximate surface area is 125 Å². The van der Waals surface area contributed by atoms with Crippen LogP contribution in [0.15, 0.2) is 41.7 Å². The van der Waals surface area contributed by atoms with Crippen molar-refractivity contribution in [3.63, 3.8) is 0 Å². The van der Waals surface area contributed by atoms with E-state index in [4.69, 9.17) is 0 Å². The third-order valence-electron chi connectivity index (χ3n) is 4.34. The van der Waals surface area contributed by atoms with Crippen molar-refractivity contribution in [3.05, 3.63) is 42.2 Å². The SMILES string of the molecule is CCC1=Nc2nncn2C(C)(CC)N1Cc1ccccc1. The van der Waals surface area contributed by atoms with Crippen LogP contribution in [0.4, 0.5) is 5.95 Å². The van der Waals surface area contributed by atoms with Crippen molar-refractivity contribution in [2.24, 2.45) is 4.99 Å². The maximum Gasteiger partial charge on any atom is 0.254 e. The van der Waals surface area contributed by atoms with Crippen molar-refractivity contribution < 1.29 is 0 Å². The first kappa shape index (κ1) is 13.8. The zero-order chi connectivity index (χ0) is 14.9. The van der Waals surface area contributed by atoms with Gasteiger partial charge in [-0.25, -0.2) is 0 Å². The molecule has 0 aliphatic carbocycles. The minimum Gasteiger partial charge on any atom is -0.332 e. The lowest BCUT2D eigenvalue weighted by Gasteiger charge is -2.46. The Morgan fingerprint density at radius 2 is 1.90 bits per heavy atom. The zero-order valence-corrected chi connectivity index (χ0v) is 12.8. The van der Waals surface area contributed by atoms with Gasteiger partial charge in [0.1, 0.15) is 17.8 Å². The fourth-order valence-electron chi connectivity index (χ4n) is 2.89. The maximum atomic E-state index is 4.68. The molecule has 0 fully saturated rings. The number of aliphatic imine (C=N–C) groups is 1. The molecule has 21 heavy (non-hydrogen) atoms. The first-order chi connectivity index (χ1) is 10.2. The molecule has 5 heteroatoms. The molecule has 0 saturated heterocycles. The van der Waals surface area contributed by atoms with Gasteiger partial charge < -0.3 is 4.90 Å². The molecule has 2 aromatic rings. The van der Waals surface area contributed by atoms with Crippen molar-refractivity contribution in [3.8, 4) is 0 Å². The molecule has 5 nitrogen and oxygen atoms in total. The predicted octanol–water partition coefficient (Wildman–Crippen LogP) is 3.32. The summed E-state index contributed by atoms with van der Waals surface area (Å²) in [5, 5.41) is 8.18. The normalized spacial score (nSPS) is 21.1. The molecule has 3 rings (SSSR count). The average molecular weight is 283 g/mol. The van der Waals surface area contributed by atoms with Gasteiger partial charge in [0.15, 0.2) is 0 Å². The average Bonchev–Trinajstić information content (AvgIpc) is 3.00. The second-order valence-corrected chi connectivity index (χ2v) is 5.52. The molecular weight excluding hydrogens is 262 g/mol. The number of nitrogens with zero attached hydrogens (tertiary/aromatic N) is 5. The molecule has 0 bridgehead atoms. The number of fused-ring (bicyclic) bond motifs is 1. The Hall–Kier alpha value is -2.17. The first-order valence-corrected chi connectivity index (χ1v) is 7.48. The fourth-order valence-corrected chi connectivity index (χ4v) is 2.89. The van der Waals surface area contributed by atoms with Gasteiger partial charge in [-0.2, -0.15) is 4.99 Å². The number of amidine groups is 1. The highest BCUT2D eigenvalue weighted by Crippen LogP contribution is 2.35. The van der Waals surface area contributed by atoms with E-state index in [-0.39, 0.29) is 5.66 Å². The predicted molar refractivity (Wildman–Crippen MR) is 83.3 cm³/mol. The standard InChI is InChI=1S/C16H21N5/c1-4-14-18-15-19-17-12-21(15)16(3,5-2)20(14)11-13-9-7-6-8-10-13/h6-10,12H,4-5,11H2,1-3H3. The van der Waals surface area contributed by atoms with Crippen molar-refractivity contribution in [1.82, 2.24) is 19.7 Å². The van der Waals surface area contributed by atoms with Crippen molar-refractivity contribution in [2.75, 3.05) is 0 Å². The van der Waals surface area contributed by atoms with E-state index in [0.717, 1.165) is 25.2 Å². The van der Waals surface area contributed by atoms with Crippen LogP contribution in [0.5, 0.6) is 0 Å². The van der Waals surface area contributed by atoms with Crippen LogP contribution in [-0.2, 0) is 12.2 Å². The molecule has 0 amide bonds. The van der Waals surface area contributed by atoms with E-state index in [1.54, 1.807) is 6.33 Å². The minimum absolute atomic E-state index is 0.179. The minimum atomic E-state index is -0.179. The summed E-state index contributed by atoms with van der Waals surface area (Å²) >= 11 is 0. The Morgan fingerprint density at radius 1 is 1.14 bits per heavy atom. The summed E-state index contributed by atoms with van der Waals surface area (Å²) < 4.78 is 2.08. The third-order valence-corrected chi connectivity index (χ3v) is 4.34. The van der Waals surface area contributed by atoms with Gasteiger partial charge in [0.05, 0.1) is 0 Å². The van der Waals surface area contributed by atoms with E-state index in [0.29, 0.717) is 5.95 Å². The van der Waals surface area contributed by atoms with Crippen molar-refractivity contribution in [1.29, 1.82) is 0 Å². The third kappa shape index (κ3) is 2.22. The molecule has 1 aliphatic heterocycles. The largest absolute Gasteiger partial charge is 0.332 e. The summed E-state index contributed by atoms with van der Waals surface area (Å²) in [5.74, 6) is 1.78. The maximum absolute atomic E-state index is 4.68. The highest BCUT2D eigenvalue weighted by molar-refractivity contribution is 5.85. The van der Waals surface area contributed by atoms with E-state index < -0.39 is 0 Å². The summed E-state index contributed by atoms with van der Waals surface area (Å²) in [6.45, 7) is 7.40. The lowest BCUT2D eigenvalue weighted by Crippen LogP contribution is -2.52. The van der Waals surface area contributed by atoms with E-state index in [2.05, 4.69) is 69.7 Å². The van der Waals surface area contributed by atoms with Crippen LogP contribution in [0.2, 0.25) is 0 Å². The number of benzene rings is 1. The molecule has 110 valence electrons. The van der Waals surface area contributed by atoms with Gasteiger partial charge in [-0.3, -0.25) is 4.57 Å². The molecular formula is C16H21N5. The highest BCUT2D eigenvalue weighted by Gasteiger charge is 2.38. The lowest BCUT2D eigenvalue weighted by atomic mass is 10.0. The summed E-state index contributed by atoms with van der Waals surface area (Å²) in [4.78, 5) is 7.05. The highest BCUT2D eigenvalue weighted by atomic mass is 15.5. The summed E-state index contributed by atoms with van der Waals surface area (Å²) in [6.07, 6.45) is 3.63. The number of rotatable bonds is 4. The van der Waals surface area contributed by atoms with Crippen molar-refractivity contribution >= 4 is 11.8 Å². The Morgan fingerprint density at radius 3 is 2.57 bits per heavy atom. The van der Waals surface area contributed by atoms with Gasteiger partial charge in [0.2, 0.25) is 0 Å². The molecule has 1 aromatic carbocycles. The summed E-state index contributed by atoms with van der Waals surface area (Å²) in [6, 6.07) is 10.5. The molecule has 2 heterocycles. The van der Waals surface area contributed by atoms with Crippen LogP contribution in [0.1, 0.15) is 39.2 Å². The van der Waals surface area contributed by atoms with Crippen LogP contribution in [0.3, 0.4) is 0 Å². The molecule has 1 aromatic heterocycles. The second-order valence-electron chi connectivity index (χ2n) is 5.52. The Bertz CT molecular complexity index is 646. The number of aromatic nitrogens is 3. The van der Waals surface area contributed by atoms with Crippen LogP contribution in [0.25, 0.3) is 0 Å². The van der Waals surface area contributed by atoms with Gasteiger partial charge in [-0.05, 0) is 18.9 Å². The number of hydrogen-bond acceptors (Lipinski definition) is 4. The topological polar surface area (TPSA) is 46.3 Å². The Balaban J connectivity index is 2.04. The van der Waals surface area contributed by atoms with Crippen molar-refractivity contribution in [2.45, 2.75) is 45.8 Å². The zero-order valence-electron chi connectivity index (χ0n) is 12.8. The van der Waals surface area contributed by atoms with Gasteiger partial charge in [-0.15, -0.1) is 10.2 Å². The monoisotopic (exact) mass is 283 g/mol. The van der Waals surface area contributed by atoms with Crippen LogP contribution < -0.4 is 0 Å². The van der Waals surface area contributed by atoms with E-state index in [1.807, 2.05) is 6.07 Å². The summed E-state index contributed by atoms with van der Waals surface area (Å²) in [5.41, 5.74) is 1.11. The molecule has 0 saturated carbocycles. The van der Waals surface area contributed by atoms with Gasteiger partial charge >= 0.3 is 0 Å². The van der Waals surface area contributed by atoms with Gasteiger partial charge in [0.25, 0.3) is 5.95 Å². The van der Waals surface area contributed by atoms with Gasteiger partial charge in [0, 0.05) is 13.0 Å². The fraction of sp³-hybridized carbons (Fsp3) is 0.438. The second kappa shape index (κ2) is 5.31. The van der Waals surface area contributed by atoms with Crippen LogP contribution >= 0.6 is 0 Å². The van der Waals surface area contributed by atoms with E-state index >= 15 is 0 Å². The van der Waals surface area contributed by atoms with Crippen LogP contribution in [0, 0.1) is 0 Å². The molecule has 1 aliphatic rings. The molecule has 1 unspecified atom stereocenters. The first-order valence-electron chi connectivity index (χ1n) is 7.48. The Kier molecular flexibility index (Phi) is 3.49. The summed E-state index contributed by atoms with van der Waals surface area (Å²) in [7, 11) is 0. The number of hydrogen-bond donors (Lipinski definition) is 0. The van der Waals surface area contributed by atoms with Crippen LogP contribution in [-0.4, -0.2) is 25.5 Å².